The first kappa shape index (κ1) is 15.3. The second-order valence-corrected chi connectivity index (χ2v) is 4.13. The molecule has 1 aromatic carbocycles. The summed E-state index contributed by atoms with van der Waals surface area (Å²) in [4.78, 5) is 22.2. The molecule has 0 bridgehead atoms. The average molecular weight is 302 g/mol. The highest BCUT2D eigenvalue weighted by Gasteiger charge is 2.07. The fourth-order valence-electron chi connectivity index (χ4n) is 1.66. The minimum atomic E-state index is -0.665. The molecule has 0 saturated carbocycles. The van der Waals surface area contributed by atoms with E-state index in [1.807, 2.05) is 0 Å². The molecule has 22 heavy (non-hydrogen) atoms. The van der Waals surface area contributed by atoms with Crippen molar-refractivity contribution in [2.75, 3.05) is 14.2 Å². The van der Waals surface area contributed by atoms with E-state index in [2.05, 4.69) is 20.0 Å². The molecule has 7 nitrogen and oxygen atoms in total. The van der Waals surface area contributed by atoms with Crippen LogP contribution in [0.1, 0.15) is 16.1 Å². The third kappa shape index (κ3) is 3.72. The Kier molecular flexibility index (Phi) is 4.92. The van der Waals surface area contributed by atoms with Crippen molar-refractivity contribution in [3.8, 4) is 11.3 Å². The summed E-state index contributed by atoms with van der Waals surface area (Å²) in [6.07, 6.45) is 0.685. The van der Waals surface area contributed by atoms with Gasteiger partial charge in [0.05, 0.1) is 26.0 Å². The van der Waals surface area contributed by atoms with Gasteiger partial charge in [0, 0.05) is 5.56 Å². The van der Waals surface area contributed by atoms with Gasteiger partial charge in [0.1, 0.15) is 11.5 Å². The molecule has 114 valence electrons. The first-order chi connectivity index (χ1) is 10.6. The molecule has 0 aliphatic heterocycles. The molecule has 0 atom stereocenters. The average Bonchev–Trinajstić information content (AvgIpc) is 3.03. The van der Waals surface area contributed by atoms with E-state index < -0.39 is 12.1 Å². The number of hydrazone groups is 1. The lowest BCUT2D eigenvalue weighted by molar-refractivity contribution is 0.0600. The highest BCUT2D eigenvalue weighted by atomic mass is 16.5. The largest absolute Gasteiger partial charge is 0.465 e. The molecular weight excluding hydrogens is 288 g/mol. The van der Waals surface area contributed by atoms with E-state index in [0.717, 1.165) is 5.56 Å². The Bertz CT molecular complexity index is 688. The molecular formula is C15H14N2O5. The van der Waals surface area contributed by atoms with E-state index in [1.54, 1.807) is 36.4 Å². The van der Waals surface area contributed by atoms with E-state index >= 15 is 0 Å². The predicted octanol–water partition coefficient (Wildman–Crippen LogP) is 2.42. The smallest absolute Gasteiger partial charge is 0.427 e. The number of carbonyl (C=O) groups excluding carboxylic acids is 2. The number of hydrogen-bond donors (Lipinski definition) is 1. The Balaban J connectivity index is 2.08. The summed E-state index contributed by atoms with van der Waals surface area (Å²) >= 11 is 0. The van der Waals surface area contributed by atoms with Crippen LogP contribution in [-0.4, -0.2) is 32.5 Å². The molecule has 0 fully saturated rings. The summed E-state index contributed by atoms with van der Waals surface area (Å²) in [5, 5.41) is 3.66. The van der Waals surface area contributed by atoms with Crippen LogP contribution in [0.3, 0.4) is 0 Å². The van der Waals surface area contributed by atoms with E-state index in [-0.39, 0.29) is 0 Å². The van der Waals surface area contributed by atoms with Gasteiger partial charge in [-0.3, -0.25) is 0 Å². The van der Waals surface area contributed by atoms with Crippen LogP contribution in [0, 0.1) is 0 Å². The topological polar surface area (TPSA) is 90.1 Å². The molecule has 2 aromatic rings. The normalized spacial score (nSPS) is 10.5. The number of nitrogens with one attached hydrogen (secondary N) is 1. The van der Waals surface area contributed by atoms with Gasteiger partial charge in [-0.15, -0.1) is 0 Å². The summed E-state index contributed by atoms with van der Waals surface area (Å²) in [6.45, 7) is 0. The number of hydrogen-bond acceptors (Lipinski definition) is 6. The van der Waals surface area contributed by atoms with Crippen LogP contribution in [0.2, 0.25) is 0 Å². The van der Waals surface area contributed by atoms with E-state index in [9.17, 15) is 9.59 Å². The highest BCUT2D eigenvalue weighted by Crippen LogP contribution is 2.22. The van der Waals surface area contributed by atoms with Crippen LogP contribution in [0.5, 0.6) is 0 Å². The third-order valence-electron chi connectivity index (χ3n) is 2.75. The highest BCUT2D eigenvalue weighted by molar-refractivity contribution is 5.89. The van der Waals surface area contributed by atoms with Gasteiger partial charge in [-0.25, -0.2) is 15.0 Å². The maximum Gasteiger partial charge on any atom is 0.427 e. The molecule has 1 heterocycles. The Morgan fingerprint density at radius 3 is 2.45 bits per heavy atom. The molecule has 7 heteroatoms. The van der Waals surface area contributed by atoms with Gasteiger partial charge in [-0.1, -0.05) is 12.1 Å². The van der Waals surface area contributed by atoms with Crippen LogP contribution in [0.15, 0.2) is 45.9 Å². The second-order valence-electron chi connectivity index (χ2n) is 4.13. The van der Waals surface area contributed by atoms with E-state index in [1.165, 1.54) is 20.4 Å². The van der Waals surface area contributed by atoms with Crippen LogP contribution in [0.4, 0.5) is 4.79 Å². The van der Waals surface area contributed by atoms with Crippen LogP contribution in [-0.2, 0) is 9.47 Å². The lowest BCUT2D eigenvalue weighted by atomic mass is 10.1. The van der Waals surface area contributed by atoms with Crippen LogP contribution < -0.4 is 5.43 Å². The molecule has 0 radical (unpaired) electrons. The Morgan fingerprint density at radius 1 is 1.09 bits per heavy atom. The number of methoxy groups -OCH3 is 2. The van der Waals surface area contributed by atoms with Gasteiger partial charge in [0.25, 0.3) is 0 Å². The fraction of sp³-hybridized carbons (Fsp3) is 0.133. The standard InChI is InChI=1S/C15H14N2O5/c1-20-14(18)11-5-3-10(4-6-11)13-8-7-12(22-13)9-16-17-15(19)21-2/h3-9H,1-2H3,(H,17,19). The number of benzene rings is 1. The molecule has 1 N–H and O–H groups in total. The number of ether oxygens (including phenoxy) is 2. The summed E-state index contributed by atoms with van der Waals surface area (Å²) < 4.78 is 14.6. The SMILES string of the molecule is COC(=O)NN=Cc1ccc(-c2ccc(C(=O)OC)cc2)o1. The van der Waals surface area contributed by atoms with Crippen molar-refractivity contribution in [1.82, 2.24) is 5.43 Å². The first-order valence-electron chi connectivity index (χ1n) is 6.29. The van der Waals surface area contributed by atoms with Gasteiger partial charge in [-0.05, 0) is 24.3 Å². The maximum absolute atomic E-state index is 11.4. The molecule has 0 saturated heterocycles. The quantitative estimate of drug-likeness (QED) is 0.532. The molecule has 0 aliphatic rings. The van der Waals surface area contributed by atoms with Gasteiger partial charge in [-0.2, -0.15) is 5.10 Å². The molecule has 1 aromatic heterocycles. The number of amides is 1. The van der Waals surface area contributed by atoms with E-state index in [0.29, 0.717) is 17.1 Å². The van der Waals surface area contributed by atoms with Crippen LogP contribution >= 0.6 is 0 Å². The van der Waals surface area contributed by atoms with Crippen molar-refractivity contribution in [2.24, 2.45) is 5.10 Å². The number of esters is 1. The monoisotopic (exact) mass is 302 g/mol. The van der Waals surface area contributed by atoms with Crippen molar-refractivity contribution in [1.29, 1.82) is 0 Å². The summed E-state index contributed by atoms with van der Waals surface area (Å²) in [7, 11) is 2.57. The number of nitrogens with zero attached hydrogens (tertiary/aromatic N) is 1. The molecule has 2 rings (SSSR count). The predicted molar refractivity (Wildman–Crippen MR) is 78.6 cm³/mol. The Labute approximate surface area is 126 Å². The Hall–Kier alpha value is -3.09. The van der Waals surface area contributed by atoms with Crippen molar-refractivity contribution in [2.45, 2.75) is 0 Å². The lowest BCUT2D eigenvalue weighted by Gasteiger charge is -2.00. The number of carbonyl (C=O) groups is 2. The zero-order chi connectivity index (χ0) is 15.9. The zero-order valence-corrected chi connectivity index (χ0v) is 12.0. The third-order valence-corrected chi connectivity index (χ3v) is 2.75. The molecule has 0 unspecified atom stereocenters. The number of furan rings is 1. The maximum atomic E-state index is 11.4. The van der Waals surface area contributed by atoms with E-state index in [4.69, 9.17) is 4.42 Å². The molecule has 1 amide bonds. The van der Waals surface area contributed by atoms with Crippen molar-refractivity contribution < 1.29 is 23.5 Å². The van der Waals surface area contributed by atoms with Crippen LogP contribution in [0.25, 0.3) is 11.3 Å². The summed E-state index contributed by atoms with van der Waals surface area (Å²) in [6, 6.07) is 10.3. The van der Waals surface area contributed by atoms with Crippen molar-refractivity contribution in [3.05, 3.63) is 47.7 Å². The Morgan fingerprint density at radius 2 is 1.82 bits per heavy atom. The van der Waals surface area contributed by atoms with Gasteiger partial charge in [0.15, 0.2) is 0 Å². The van der Waals surface area contributed by atoms with Crippen molar-refractivity contribution >= 4 is 18.3 Å². The minimum absolute atomic E-state index is 0.396. The van der Waals surface area contributed by atoms with Crippen molar-refractivity contribution in [3.63, 3.8) is 0 Å². The molecule has 0 spiro atoms. The summed E-state index contributed by atoms with van der Waals surface area (Å²) in [5.74, 6) is 0.673. The van der Waals surface area contributed by atoms with Gasteiger partial charge in [0.2, 0.25) is 0 Å². The van der Waals surface area contributed by atoms with Gasteiger partial charge < -0.3 is 13.9 Å². The first-order valence-corrected chi connectivity index (χ1v) is 6.29. The second kappa shape index (κ2) is 7.07. The summed E-state index contributed by atoms with van der Waals surface area (Å²) in [5.41, 5.74) is 3.41. The zero-order valence-electron chi connectivity index (χ0n) is 12.0. The number of rotatable bonds is 4. The minimum Gasteiger partial charge on any atom is -0.465 e. The lowest BCUT2D eigenvalue weighted by Crippen LogP contribution is -2.16. The fourth-order valence-corrected chi connectivity index (χ4v) is 1.66. The van der Waals surface area contributed by atoms with Gasteiger partial charge >= 0.3 is 12.1 Å². The molecule has 0 aliphatic carbocycles.